The Balaban J connectivity index is 1.95. The molecule has 2 rings (SSSR count). The molecule has 2 aromatic rings. The quantitative estimate of drug-likeness (QED) is 0.585. The lowest BCUT2D eigenvalue weighted by atomic mass is 10.3. The molecule has 1 N–H and O–H groups in total. The number of esters is 1. The van der Waals surface area contributed by atoms with Crippen LogP contribution in [0.1, 0.15) is 30.9 Å². The highest BCUT2D eigenvalue weighted by Gasteiger charge is 2.20. The van der Waals surface area contributed by atoms with E-state index in [2.05, 4.69) is 15.4 Å². The van der Waals surface area contributed by atoms with Crippen LogP contribution in [-0.4, -0.2) is 38.5 Å². The standard InChI is InChI=1S/C16H22N4O3S2/c1-6-23-13(21)7-12-8-24-16(17-12)25-11(4)15(22)18-14-9(2)19-20(5)10(14)3/h8,11H,6-7H2,1-5H3,(H,18,22)/t11-/m1/s1. The first kappa shape index (κ1) is 19.5. The second-order valence-corrected chi connectivity index (χ2v) is 7.95. The Morgan fingerprint density at radius 1 is 1.44 bits per heavy atom. The molecule has 0 aliphatic rings. The summed E-state index contributed by atoms with van der Waals surface area (Å²) < 4.78 is 7.40. The van der Waals surface area contributed by atoms with E-state index >= 15 is 0 Å². The molecule has 1 amide bonds. The van der Waals surface area contributed by atoms with Crippen LogP contribution in [0.4, 0.5) is 5.69 Å². The molecule has 0 spiro atoms. The highest BCUT2D eigenvalue weighted by Crippen LogP contribution is 2.28. The summed E-state index contributed by atoms with van der Waals surface area (Å²) in [6, 6.07) is 0. The first-order chi connectivity index (χ1) is 11.8. The van der Waals surface area contributed by atoms with Crippen molar-refractivity contribution in [3.05, 3.63) is 22.5 Å². The highest BCUT2D eigenvalue weighted by atomic mass is 32.2. The SMILES string of the molecule is CCOC(=O)Cc1csc(S[C@H](C)C(=O)Nc2c(C)nn(C)c2C)n1. The average molecular weight is 383 g/mol. The lowest BCUT2D eigenvalue weighted by molar-refractivity contribution is -0.142. The van der Waals surface area contributed by atoms with Gasteiger partial charge in [-0.2, -0.15) is 5.10 Å². The monoisotopic (exact) mass is 382 g/mol. The van der Waals surface area contributed by atoms with E-state index in [4.69, 9.17) is 4.74 Å². The maximum absolute atomic E-state index is 12.4. The molecule has 0 fully saturated rings. The predicted octanol–water partition coefficient (Wildman–Crippen LogP) is 2.72. The molecule has 0 saturated heterocycles. The number of anilines is 1. The molecule has 0 bridgehead atoms. The van der Waals surface area contributed by atoms with E-state index in [1.807, 2.05) is 33.2 Å². The van der Waals surface area contributed by atoms with Gasteiger partial charge in [0.25, 0.3) is 0 Å². The van der Waals surface area contributed by atoms with Crippen LogP contribution in [-0.2, 0) is 27.8 Å². The summed E-state index contributed by atoms with van der Waals surface area (Å²) in [6.07, 6.45) is 0.152. The number of ether oxygens (including phenoxy) is 1. The zero-order valence-electron chi connectivity index (χ0n) is 15.0. The second-order valence-electron chi connectivity index (χ2n) is 5.51. The molecular weight excluding hydrogens is 360 g/mol. The van der Waals surface area contributed by atoms with Crippen LogP contribution in [0, 0.1) is 13.8 Å². The number of hydrogen-bond acceptors (Lipinski definition) is 7. The molecule has 25 heavy (non-hydrogen) atoms. The number of carbonyl (C=O) groups is 2. The first-order valence-electron chi connectivity index (χ1n) is 7.89. The maximum Gasteiger partial charge on any atom is 0.311 e. The molecule has 7 nitrogen and oxygen atoms in total. The van der Waals surface area contributed by atoms with E-state index in [1.54, 1.807) is 11.6 Å². The van der Waals surface area contributed by atoms with E-state index in [1.165, 1.54) is 23.1 Å². The summed E-state index contributed by atoms with van der Waals surface area (Å²) in [5.74, 6) is -0.399. The van der Waals surface area contributed by atoms with E-state index in [0.29, 0.717) is 12.3 Å². The zero-order chi connectivity index (χ0) is 18.6. The smallest absolute Gasteiger partial charge is 0.311 e. The van der Waals surface area contributed by atoms with Gasteiger partial charge >= 0.3 is 5.97 Å². The predicted molar refractivity (Wildman–Crippen MR) is 99.1 cm³/mol. The molecule has 9 heteroatoms. The lowest BCUT2D eigenvalue weighted by Crippen LogP contribution is -2.23. The molecule has 0 aromatic carbocycles. The summed E-state index contributed by atoms with van der Waals surface area (Å²) in [5, 5.41) is 8.73. The van der Waals surface area contributed by atoms with Gasteiger partial charge in [0, 0.05) is 12.4 Å². The van der Waals surface area contributed by atoms with Gasteiger partial charge < -0.3 is 10.1 Å². The number of thioether (sulfide) groups is 1. The van der Waals surface area contributed by atoms with Crippen molar-refractivity contribution >= 4 is 40.7 Å². The average Bonchev–Trinajstić information content (AvgIpc) is 3.07. The molecule has 0 saturated carbocycles. The van der Waals surface area contributed by atoms with Crippen molar-refractivity contribution in [1.29, 1.82) is 0 Å². The van der Waals surface area contributed by atoms with Crippen molar-refractivity contribution in [3.63, 3.8) is 0 Å². The molecule has 136 valence electrons. The van der Waals surface area contributed by atoms with Crippen LogP contribution in [0.25, 0.3) is 0 Å². The molecule has 2 heterocycles. The number of hydrogen-bond donors (Lipinski definition) is 1. The van der Waals surface area contributed by atoms with Gasteiger partial charge in [-0.05, 0) is 27.7 Å². The van der Waals surface area contributed by atoms with Crippen molar-refractivity contribution in [2.24, 2.45) is 7.05 Å². The number of aryl methyl sites for hydroxylation is 2. The van der Waals surface area contributed by atoms with E-state index in [9.17, 15) is 9.59 Å². The third-order valence-corrected chi connectivity index (χ3v) is 5.69. The highest BCUT2D eigenvalue weighted by molar-refractivity contribution is 8.02. The van der Waals surface area contributed by atoms with Crippen molar-refractivity contribution in [1.82, 2.24) is 14.8 Å². The third-order valence-electron chi connectivity index (χ3n) is 3.57. The van der Waals surface area contributed by atoms with Gasteiger partial charge in [0.15, 0.2) is 4.34 Å². The molecule has 0 aliphatic heterocycles. The number of aromatic nitrogens is 3. The zero-order valence-corrected chi connectivity index (χ0v) is 16.6. The van der Waals surface area contributed by atoms with Gasteiger partial charge in [-0.1, -0.05) is 11.8 Å². The third kappa shape index (κ3) is 5.05. The summed E-state index contributed by atoms with van der Waals surface area (Å²) in [6.45, 7) is 7.73. The van der Waals surface area contributed by atoms with Crippen LogP contribution >= 0.6 is 23.1 Å². The molecule has 2 aromatic heterocycles. The van der Waals surface area contributed by atoms with E-state index in [-0.39, 0.29) is 23.5 Å². The number of thiazole rings is 1. The Morgan fingerprint density at radius 3 is 2.76 bits per heavy atom. The van der Waals surface area contributed by atoms with Gasteiger partial charge in [-0.15, -0.1) is 11.3 Å². The summed E-state index contributed by atoms with van der Waals surface area (Å²) >= 11 is 2.79. The number of nitrogens with one attached hydrogen (secondary N) is 1. The normalized spacial score (nSPS) is 12.0. The maximum atomic E-state index is 12.4. The first-order valence-corrected chi connectivity index (χ1v) is 9.65. The second kappa shape index (κ2) is 8.48. The Hall–Kier alpha value is -1.87. The molecular formula is C16H22N4O3S2. The van der Waals surface area contributed by atoms with Gasteiger partial charge in [-0.3, -0.25) is 14.3 Å². The fourth-order valence-corrected chi connectivity index (χ4v) is 4.15. The van der Waals surface area contributed by atoms with Crippen LogP contribution < -0.4 is 5.32 Å². The number of nitrogens with zero attached hydrogens (tertiary/aromatic N) is 3. The number of amides is 1. The number of carbonyl (C=O) groups excluding carboxylic acids is 2. The topological polar surface area (TPSA) is 86.1 Å². The van der Waals surface area contributed by atoms with Crippen LogP contribution in [0.2, 0.25) is 0 Å². The summed E-state index contributed by atoms with van der Waals surface area (Å²) in [5.41, 5.74) is 3.12. The Labute approximate surface area is 155 Å². The molecule has 0 radical (unpaired) electrons. The van der Waals surface area contributed by atoms with Crippen LogP contribution in [0.3, 0.4) is 0 Å². The van der Waals surface area contributed by atoms with Gasteiger partial charge in [0.1, 0.15) is 0 Å². The van der Waals surface area contributed by atoms with E-state index < -0.39 is 0 Å². The Bertz CT molecular complexity index is 770. The van der Waals surface area contributed by atoms with Gasteiger partial charge in [0.05, 0.1) is 41.0 Å². The number of rotatable bonds is 7. The largest absolute Gasteiger partial charge is 0.466 e. The minimum absolute atomic E-state index is 0.105. The Morgan fingerprint density at radius 2 is 2.16 bits per heavy atom. The van der Waals surface area contributed by atoms with Crippen molar-refractivity contribution in [2.75, 3.05) is 11.9 Å². The lowest BCUT2D eigenvalue weighted by Gasteiger charge is -2.10. The van der Waals surface area contributed by atoms with Gasteiger partial charge in [0.2, 0.25) is 5.91 Å². The van der Waals surface area contributed by atoms with Gasteiger partial charge in [-0.25, -0.2) is 4.98 Å². The summed E-state index contributed by atoms with van der Waals surface area (Å²) in [7, 11) is 1.84. The molecule has 0 aliphatic carbocycles. The molecule has 0 unspecified atom stereocenters. The minimum atomic E-state index is -0.319. The van der Waals surface area contributed by atoms with Crippen LogP contribution in [0.5, 0.6) is 0 Å². The fraction of sp³-hybridized carbons (Fsp3) is 0.500. The van der Waals surface area contributed by atoms with Crippen molar-refractivity contribution in [2.45, 2.75) is 43.7 Å². The molecule has 1 atom stereocenters. The fourth-order valence-electron chi connectivity index (χ4n) is 2.17. The van der Waals surface area contributed by atoms with E-state index in [0.717, 1.165) is 21.4 Å². The van der Waals surface area contributed by atoms with Crippen molar-refractivity contribution < 1.29 is 14.3 Å². The minimum Gasteiger partial charge on any atom is -0.466 e. The summed E-state index contributed by atoms with van der Waals surface area (Å²) in [4.78, 5) is 28.3. The van der Waals surface area contributed by atoms with Crippen molar-refractivity contribution in [3.8, 4) is 0 Å². The Kier molecular flexibility index (Phi) is 6.60. The van der Waals surface area contributed by atoms with Crippen LogP contribution in [0.15, 0.2) is 9.72 Å².